The molecule has 0 bridgehead atoms. The van der Waals surface area contributed by atoms with Crippen LogP contribution in [0.1, 0.15) is 17.5 Å². The van der Waals surface area contributed by atoms with Crippen molar-refractivity contribution in [3.63, 3.8) is 0 Å². The van der Waals surface area contributed by atoms with Gasteiger partial charge in [0.2, 0.25) is 5.91 Å². The fourth-order valence-corrected chi connectivity index (χ4v) is 4.86. The second-order valence-corrected chi connectivity index (χ2v) is 8.90. The number of benzene rings is 2. The van der Waals surface area contributed by atoms with E-state index in [0.717, 1.165) is 5.56 Å². The number of thiophene rings is 1. The quantitative estimate of drug-likeness (QED) is 0.553. The average Bonchev–Trinajstić information content (AvgIpc) is 3.21. The van der Waals surface area contributed by atoms with Crippen LogP contribution in [0.2, 0.25) is 0 Å². The van der Waals surface area contributed by atoms with Gasteiger partial charge in [0, 0.05) is 12.1 Å². The molecule has 0 saturated carbocycles. The van der Waals surface area contributed by atoms with E-state index in [4.69, 9.17) is 4.74 Å². The smallest absolute Gasteiger partial charge is 0.262 e. The molecule has 6 nitrogen and oxygen atoms in total. The number of para-hydroxylation sites is 2. The maximum absolute atomic E-state index is 12.9. The lowest BCUT2D eigenvalue weighted by atomic mass is 10.2. The highest BCUT2D eigenvalue weighted by molar-refractivity contribution is 7.92. The molecule has 3 rings (SSSR count). The predicted molar refractivity (Wildman–Crippen MR) is 116 cm³/mol. The van der Waals surface area contributed by atoms with E-state index in [2.05, 4.69) is 10.0 Å². The van der Waals surface area contributed by atoms with Gasteiger partial charge in [0.25, 0.3) is 10.0 Å². The number of hydrogen-bond acceptors (Lipinski definition) is 5. The molecule has 0 aliphatic carbocycles. The standard InChI is InChI=1S/C21H22N2O4S2/c1-15-7-9-17(22-21(24)10-8-16-11-12-28-14-16)13-20(15)29(25,26)23-18-5-3-4-6-19(18)27-2/h3-7,9,11-14,23H,8,10H2,1-2H3,(H,22,24). The summed E-state index contributed by atoms with van der Waals surface area (Å²) < 4.78 is 33.6. The average molecular weight is 431 g/mol. The van der Waals surface area contributed by atoms with E-state index >= 15 is 0 Å². The highest BCUT2D eigenvalue weighted by Gasteiger charge is 2.19. The van der Waals surface area contributed by atoms with Crippen molar-refractivity contribution in [2.75, 3.05) is 17.1 Å². The first-order valence-corrected chi connectivity index (χ1v) is 11.4. The van der Waals surface area contributed by atoms with Crippen LogP contribution in [-0.2, 0) is 21.2 Å². The number of rotatable bonds is 8. The molecule has 3 aromatic rings. The fraction of sp³-hybridized carbons (Fsp3) is 0.190. The zero-order valence-corrected chi connectivity index (χ0v) is 17.8. The molecule has 152 valence electrons. The summed E-state index contributed by atoms with van der Waals surface area (Å²) >= 11 is 1.59. The molecule has 2 aromatic carbocycles. The molecule has 0 saturated heterocycles. The van der Waals surface area contributed by atoms with Crippen molar-refractivity contribution < 1.29 is 17.9 Å². The van der Waals surface area contributed by atoms with Gasteiger partial charge in [-0.05, 0) is 65.6 Å². The van der Waals surface area contributed by atoms with E-state index in [1.165, 1.54) is 13.2 Å². The molecule has 0 spiro atoms. The van der Waals surface area contributed by atoms with Gasteiger partial charge in [0.15, 0.2) is 0 Å². The molecule has 0 unspecified atom stereocenters. The minimum Gasteiger partial charge on any atom is -0.495 e. The van der Waals surface area contributed by atoms with Gasteiger partial charge in [0.05, 0.1) is 17.7 Å². The Balaban J connectivity index is 1.76. The van der Waals surface area contributed by atoms with Crippen molar-refractivity contribution in [3.05, 3.63) is 70.4 Å². The number of sulfonamides is 1. The summed E-state index contributed by atoms with van der Waals surface area (Å²) in [6.07, 6.45) is 0.966. The molecule has 0 radical (unpaired) electrons. The number of carbonyl (C=O) groups is 1. The van der Waals surface area contributed by atoms with E-state index in [0.29, 0.717) is 35.5 Å². The maximum atomic E-state index is 12.9. The summed E-state index contributed by atoms with van der Waals surface area (Å²) in [5, 5.41) is 6.76. The first-order valence-electron chi connectivity index (χ1n) is 8.96. The second kappa shape index (κ2) is 9.11. The number of carbonyl (C=O) groups excluding carboxylic acids is 1. The van der Waals surface area contributed by atoms with E-state index in [9.17, 15) is 13.2 Å². The lowest BCUT2D eigenvalue weighted by molar-refractivity contribution is -0.116. The molecule has 8 heteroatoms. The highest BCUT2D eigenvalue weighted by Crippen LogP contribution is 2.28. The number of methoxy groups -OCH3 is 1. The third kappa shape index (κ3) is 5.36. The van der Waals surface area contributed by atoms with Crippen LogP contribution in [0.25, 0.3) is 0 Å². The topological polar surface area (TPSA) is 84.5 Å². The summed E-state index contributed by atoms with van der Waals surface area (Å²) in [4.78, 5) is 12.3. The lowest BCUT2D eigenvalue weighted by Crippen LogP contribution is -2.16. The molecule has 1 amide bonds. The zero-order chi connectivity index (χ0) is 20.9. The molecule has 29 heavy (non-hydrogen) atoms. The Morgan fingerprint density at radius 1 is 1.14 bits per heavy atom. The Bertz CT molecular complexity index is 1090. The van der Waals surface area contributed by atoms with Crippen molar-refractivity contribution in [2.24, 2.45) is 0 Å². The van der Waals surface area contributed by atoms with Crippen molar-refractivity contribution in [3.8, 4) is 5.75 Å². The molecule has 0 aliphatic heterocycles. The Morgan fingerprint density at radius 3 is 2.66 bits per heavy atom. The molecule has 1 heterocycles. The SMILES string of the molecule is COc1ccccc1NS(=O)(=O)c1cc(NC(=O)CCc2ccsc2)ccc1C. The van der Waals surface area contributed by atoms with Crippen LogP contribution in [-0.4, -0.2) is 21.4 Å². The van der Waals surface area contributed by atoms with Crippen LogP contribution in [0, 0.1) is 6.92 Å². The first-order chi connectivity index (χ1) is 13.9. The third-order valence-electron chi connectivity index (χ3n) is 4.33. The number of nitrogens with one attached hydrogen (secondary N) is 2. The van der Waals surface area contributed by atoms with Crippen molar-refractivity contribution in [2.45, 2.75) is 24.7 Å². The van der Waals surface area contributed by atoms with E-state index in [1.807, 2.05) is 16.8 Å². The zero-order valence-electron chi connectivity index (χ0n) is 16.1. The van der Waals surface area contributed by atoms with Crippen molar-refractivity contribution in [1.29, 1.82) is 0 Å². The minimum absolute atomic E-state index is 0.0963. The van der Waals surface area contributed by atoms with Crippen LogP contribution >= 0.6 is 11.3 Å². The number of aryl methyl sites for hydroxylation is 2. The normalized spacial score (nSPS) is 11.1. The molecule has 2 N–H and O–H groups in total. The van der Waals surface area contributed by atoms with Crippen LogP contribution in [0.15, 0.2) is 64.2 Å². The van der Waals surface area contributed by atoms with E-state index in [-0.39, 0.29) is 10.8 Å². The Hall–Kier alpha value is -2.84. The summed E-state index contributed by atoms with van der Waals surface area (Å²) in [5.41, 5.74) is 2.47. The number of anilines is 2. The Morgan fingerprint density at radius 2 is 1.93 bits per heavy atom. The lowest BCUT2D eigenvalue weighted by Gasteiger charge is -2.14. The summed E-state index contributed by atoms with van der Waals surface area (Å²) in [7, 11) is -2.39. The molecule has 0 fully saturated rings. The monoisotopic (exact) mass is 430 g/mol. The highest BCUT2D eigenvalue weighted by atomic mass is 32.2. The predicted octanol–water partition coefficient (Wildman–Crippen LogP) is 4.44. The largest absolute Gasteiger partial charge is 0.495 e. The van der Waals surface area contributed by atoms with Crippen LogP contribution in [0.4, 0.5) is 11.4 Å². The fourth-order valence-electron chi connectivity index (χ4n) is 2.81. The Labute approximate surface area is 174 Å². The molecular formula is C21H22N2O4S2. The summed E-state index contributed by atoms with van der Waals surface area (Å²) in [5.74, 6) is 0.257. The molecule has 0 aliphatic rings. The van der Waals surface area contributed by atoms with Gasteiger partial charge < -0.3 is 10.1 Å². The second-order valence-electron chi connectivity index (χ2n) is 6.47. The van der Waals surface area contributed by atoms with Gasteiger partial charge >= 0.3 is 0 Å². The van der Waals surface area contributed by atoms with Crippen molar-refractivity contribution >= 4 is 38.6 Å². The van der Waals surface area contributed by atoms with Gasteiger partial charge in [-0.25, -0.2) is 8.42 Å². The molecule has 1 aromatic heterocycles. The van der Waals surface area contributed by atoms with Gasteiger partial charge in [0.1, 0.15) is 5.75 Å². The molecular weight excluding hydrogens is 408 g/mol. The Kier molecular flexibility index (Phi) is 6.56. The first kappa shape index (κ1) is 20.9. The van der Waals surface area contributed by atoms with Gasteiger partial charge in [-0.2, -0.15) is 11.3 Å². The van der Waals surface area contributed by atoms with Crippen LogP contribution < -0.4 is 14.8 Å². The van der Waals surface area contributed by atoms with Gasteiger partial charge in [-0.3, -0.25) is 9.52 Å². The van der Waals surface area contributed by atoms with Crippen LogP contribution in [0.5, 0.6) is 5.75 Å². The maximum Gasteiger partial charge on any atom is 0.262 e. The minimum atomic E-state index is -3.86. The van der Waals surface area contributed by atoms with Crippen molar-refractivity contribution in [1.82, 2.24) is 0 Å². The number of hydrogen-bond donors (Lipinski definition) is 2. The van der Waals surface area contributed by atoms with Gasteiger partial charge in [-0.15, -0.1) is 0 Å². The number of amides is 1. The number of ether oxygens (including phenoxy) is 1. The van der Waals surface area contributed by atoms with E-state index < -0.39 is 10.0 Å². The van der Waals surface area contributed by atoms with Crippen LogP contribution in [0.3, 0.4) is 0 Å². The third-order valence-corrected chi connectivity index (χ3v) is 6.57. The summed E-state index contributed by atoms with van der Waals surface area (Å²) in [6.45, 7) is 1.71. The van der Waals surface area contributed by atoms with E-state index in [1.54, 1.807) is 54.7 Å². The summed E-state index contributed by atoms with van der Waals surface area (Å²) in [6, 6.07) is 13.6. The van der Waals surface area contributed by atoms with Gasteiger partial charge in [-0.1, -0.05) is 18.2 Å². The molecule has 0 atom stereocenters.